The van der Waals surface area contributed by atoms with Crippen molar-refractivity contribution in [3.05, 3.63) is 76.0 Å². The van der Waals surface area contributed by atoms with Gasteiger partial charge in [0.25, 0.3) is 5.69 Å². The van der Waals surface area contributed by atoms with E-state index in [0.717, 1.165) is 16.3 Å². The van der Waals surface area contributed by atoms with Crippen molar-refractivity contribution in [3.63, 3.8) is 0 Å². The summed E-state index contributed by atoms with van der Waals surface area (Å²) in [4.78, 5) is 31.4. The molecule has 0 aliphatic heterocycles. The third kappa shape index (κ3) is 5.15. The van der Waals surface area contributed by atoms with Crippen LogP contribution in [-0.4, -0.2) is 25.6 Å². The van der Waals surface area contributed by atoms with Gasteiger partial charge in [0.1, 0.15) is 10.9 Å². The molecule has 0 saturated heterocycles. The fourth-order valence-corrected chi connectivity index (χ4v) is 4.06. The highest BCUT2D eigenvalue weighted by molar-refractivity contribution is 7.99. The zero-order chi connectivity index (χ0) is 21.7. The fraction of sp³-hybridized carbons (Fsp3) is 0.250. The molecule has 0 aliphatic carbocycles. The number of nitrogens with zero attached hydrogens (tertiary/aromatic N) is 4. The number of carbonyl (C=O) groups excluding carboxylic acids is 1. The number of nitro groups is 1. The van der Waals surface area contributed by atoms with Crippen LogP contribution < -0.4 is 5.73 Å². The van der Waals surface area contributed by atoms with E-state index in [-0.39, 0.29) is 18.2 Å². The molecule has 0 spiro atoms. The normalized spacial score (nSPS) is 10.9. The summed E-state index contributed by atoms with van der Waals surface area (Å²) in [5.41, 5.74) is 6.90. The van der Waals surface area contributed by atoms with Gasteiger partial charge in [0, 0.05) is 29.4 Å². The molecule has 156 valence electrons. The molecule has 2 aromatic heterocycles. The van der Waals surface area contributed by atoms with Crippen LogP contribution in [0.5, 0.6) is 0 Å². The van der Waals surface area contributed by atoms with Crippen LogP contribution in [0, 0.1) is 10.1 Å². The van der Waals surface area contributed by atoms with Gasteiger partial charge in [-0.25, -0.2) is 9.78 Å². The third-order valence-corrected chi connectivity index (χ3v) is 5.33. The van der Waals surface area contributed by atoms with Gasteiger partial charge in [-0.1, -0.05) is 37.7 Å². The average molecular weight is 427 g/mol. The summed E-state index contributed by atoms with van der Waals surface area (Å²) in [6, 6.07) is 10.2. The van der Waals surface area contributed by atoms with Crippen LogP contribution in [0.4, 0.5) is 10.5 Å². The smallest absolute Gasteiger partial charge is 0.404 e. The van der Waals surface area contributed by atoms with E-state index in [0.29, 0.717) is 17.3 Å². The summed E-state index contributed by atoms with van der Waals surface area (Å²) in [7, 11) is 0. The van der Waals surface area contributed by atoms with E-state index in [1.54, 1.807) is 18.5 Å². The van der Waals surface area contributed by atoms with E-state index < -0.39 is 11.0 Å². The summed E-state index contributed by atoms with van der Waals surface area (Å²) in [6.07, 6.45) is 2.55. The van der Waals surface area contributed by atoms with E-state index in [4.69, 9.17) is 10.5 Å². The monoisotopic (exact) mass is 427 g/mol. The van der Waals surface area contributed by atoms with Gasteiger partial charge in [-0.2, -0.15) is 0 Å². The molecule has 0 atom stereocenters. The van der Waals surface area contributed by atoms with Crippen molar-refractivity contribution in [3.8, 4) is 0 Å². The van der Waals surface area contributed by atoms with Crippen molar-refractivity contribution < 1.29 is 14.5 Å². The average Bonchev–Trinajstić information content (AvgIpc) is 3.05. The fourth-order valence-electron chi connectivity index (χ4n) is 2.84. The van der Waals surface area contributed by atoms with E-state index in [2.05, 4.69) is 9.97 Å². The van der Waals surface area contributed by atoms with Crippen LogP contribution in [0.1, 0.15) is 36.8 Å². The number of nitrogens with two attached hydrogens (primary N) is 1. The molecule has 10 heteroatoms. The van der Waals surface area contributed by atoms with E-state index in [1.807, 2.05) is 36.6 Å². The Balaban J connectivity index is 2.06. The predicted molar refractivity (Wildman–Crippen MR) is 111 cm³/mol. The Morgan fingerprint density at radius 2 is 2.13 bits per heavy atom. The number of aromatic nitrogens is 3. The second-order valence-electron chi connectivity index (χ2n) is 6.78. The number of hydrogen-bond donors (Lipinski definition) is 1. The van der Waals surface area contributed by atoms with Crippen molar-refractivity contribution >= 4 is 23.5 Å². The van der Waals surface area contributed by atoms with Crippen LogP contribution in [0.2, 0.25) is 0 Å². The van der Waals surface area contributed by atoms with Crippen molar-refractivity contribution in [1.82, 2.24) is 14.5 Å². The Kier molecular flexibility index (Phi) is 6.68. The molecule has 9 nitrogen and oxygen atoms in total. The van der Waals surface area contributed by atoms with Crippen LogP contribution >= 0.6 is 11.8 Å². The Bertz CT molecular complexity index is 1050. The SMILES string of the molecule is CC(C)c1nc(COC(N)=O)n(Cc2cccnc2)c1Sc1cccc([N+](=O)[O-])c1. The van der Waals surface area contributed by atoms with Crippen LogP contribution in [0.25, 0.3) is 0 Å². The zero-order valence-corrected chi connectivity index (χ0v) is 17.3. The molecule has 0 fully saturated rings. The molecule has 0 aliphatic rings. The number of amides is 1. The number of non-ortho nitro benzene ring substituents is 1. The maximum Gasteiger partial charge on any atom is 0.404 e. The van der Waals surface area contributed by atoms with E-state index in [9.17, 15) is 14.9 Å². The number of rotatable bonds is 8. The molecule has 1 aromatic carbocycles. The molecular formula is C20H21N5O4S. The lowest BCUT2D eigenvalue weighted by molar-refractivity contribution is -0.385. The highest BCUT2D eigenvalue weighted by atomic mass is 32.2. The molecule has 3 aromatic rings. The van der Waals surface area contributed by atoms with Gasteiger partial charge in [-0.15, -0.1) is 0 Å². The third-order valence-electron chi connectivity index (χ3n) is 4.22. The van der Waals surface area contributed by atoms with Crippen LogP contribution in [0.15, 0.2) is 58.7 Å². The minimum Gasteiger partial charge on any atom is -0.442 e. The zero-order valence-electron chi connectivity index (χ0n) is 16.5. The van der Waals surface area contributed by atoms with Crippen molar-refractivity contribution in [2.75, 3.05) is 0 Å². The number of carbonyl (C=O) groups is 1. The lowest BCUT2D eigenvalue weighted by atomic mass is 10.1. The maximum absolute atomic E-state index is 11.2. The first-order chi connectivity index (χ1) is 14.3. The first kappa shape index (κ1) is 21.3. The number of nitro benzene ring substituents is 1. The second-order valence-corrected chi connectivity index (χ2v) is 7.85. The Morgan fingerprint density at radius 3 is 2.77 bits per heavy atom. The van der Waals surface area contributed by atoms with Crippen LogP contribution in [-0.2, 0) is 17.9 Å². The van der Waals surface area contributed by atoms with Gasteiger partial charge in [0.05, 0.1) is 17.2 Å². The maximum atomic E-state index is 11.2. The van der Waals surface area contributed by atoms with Gasteiger partial charge in [-0.05, 0) is 23.6 Å². The molecular weight excluding hydrogens is 406 g/mol. The minimum atomic E-state index is -0.884. The highest BCUT2D eigenvalue weighted by Crippen LogP contribution is 2.36. The lowest BCUT2D eigenvalue weighted by Crippen LogP contribution is -2.15. The molecule has 0 saturated carbocycles. The van der Waals surface area contributed by atoms with Crippen molar-refractivity contribution in [1.29, 1.82) is 0 Å². The van der Waals surface area contributed by atoms with Gasteiger partial charge < -0.3 is 15.0 Å². The summed E-state index contributed by atoms with van der Waals surface area (Å²) in [6.45, 7) is 4.38. The summed E-state index contributed by atoms with van der Waals surface area (Å²) >= 11 is 1.38. The number of imidazole rings is 1. The standard InChI is InChI=1S/C20H21N5O4S/c1-13(2)18-19(30-16-7-3-6-15(9-16)25(27)28)24(11-14-5-4-8-22-10-14)17(23-18)12-29-20(21)26/h3-10,13H,11-12H2,1-2H3,(H2,21,26). The molecule has 0 radical (unpaired) electrons. The van der Waals surface area contributed by atoms with Crippen molar-refractivity contribution in [2.24, 2.45) is 5.73 Å². The van der Waals surface area contributed by atoms with Gasteiger partial charge in [-0.3, -0.25) is 15.1 Å². The molecule has 2 N–H and O–H groups in total. The second kappa shape index (κ2) is 9.40. The highest BCUT2D eigenvalue weighted by Gasteiger charge is 2.22. The first-order valence-electron chi connectivity index (χ1n) is 9.18. The molecule has 0 bridgehead atoms. The number of ether oxygens (including phenoxy) is 1. The molecule has 1 amide bonds. The van der Waals surface area contributed by atoms with Gasteiger partial charge in [0.15, 0.2) is 6.61 Å². The summed E-state index contributed by atoms with van der Waals surface area (Å²) in [5, 5.41) is 12.0. The number of pyridine rings is 1. The Morgan fingerprint density at radius 1 is 1.33 bits per heavy atom. The van der Waals surface area contributed by atoms with Crippen LogP contribution in [0.3, 0.4) is 0 Å². The summed E-state index contributed by atoms with van der Waals surface area (Å²) in [5.74, 6) is 0.614. The topological polar surface area (TPSA) is 126 Å². The number of primary amides is 1. The lowest BCUT2D eigenvalue weighted by Gasteiger charge is -2.13. The molecule has 30 heavy (non-hydrogen) atoms. The Labute approximate surface area is 177 Å². The van der Waals surface area contributed by atoms with E-state index in [1.165, 1.54) is 23.9 Å². The quantitative estimate of drug-likeness (QED) is 0.423. The Hall–Kier alpha value is -3.40. The predicted octanol–water partition coefficient (Wildman–Crippen LogP) is 4.10. The van der Waals surface area contributed by atoms with E-state index >= 15 is 0 Å². The van der Waals surface area contributed by atoms with Gasteiger partial charge in [0.2, 0.25) is 0 Å². The molecule has 3 rings (SSSR count). The van der Waals surface area contributed by atoms with Gasteiger partial charge >= 0.3 is 6.09 Å². The largest absolute Gasteiger partial charge is 0.442 e. The van der Waals surface area contributed by atoms with Crippen molar-refractivity contribution in [2.45, 2.75) is 42.8 Å². The molecule has 2 heterocycles. The number of hydrogen-bond acceptors (Lipinski definition) is 7. The minimum absolute atomic E-state index is 0.0155. The number of benzene rings is 1. The molecule has 0 unspecified atom stereocenters. The summed E-state index contributed by atoms with van der Waals surface area (Å²) < 4.78 is 6.93. The first-order valence-corrected chi connectivity index (χ1v) is 9.99.